The lowest BCUT2D eigenvalue weighted by atomic mass is 9.83. The summed E-state index contributed by atoms with van der Waals surface area (Å²) in [6.07, 6.45) is 5.39. The van der Waals surface area contributed by atoms with E-state index in [0.717, 1.165) is 44.7 Å². The van der Waals surface area contributed by atoms with E-state index in [1.807, 2.05) is 6.07 Å². The average molecular weight is 444 g/mol. The number of piperidine rings is 1. The van der Waals surface area contributed by atoms with Crippen LogP contribution in [-0.2, 0) is 14.3 Å². The van der Waals surface area contributed by atoms with Gasteiger partial charge in [-0.05, 0) is 31.7 Å². The molecule has 3 atom stereocenters. The number of hydrogen-bond donors (Lipinski definition) is 2. The number of hydrogen-bond acceptors (Lipinski definition) is 6. The zero-order valence-electron chi connectivity index (χ0n) is 17.1. The fourth-order valence-corrected chi connectivity index (χ4v) is 4.34. The highest BCUT2D eigenvalue weighted by Crippen LogP contribution is 2.32. The Labute approximate surface area is 178 Å². The number of rotatable bonds is 3. The van der Waals surface area contributed by atoms with Crippen molar-refractivity contribution in [1.29, 1.82) is 0 Å². The van der Waals surface area contributed by atoms with E-state index in [0.29, 0.717) is 18.6 Å². The molecule has 0 bridgehead atoms. The van der Waals surface area contributed by atoms with Crippen molar-refractivity contribution >= 4 is 17.8 Å². The number of amides is 1. The number of carbonyl (C=O) groups is 2. The fraction of sp³-hybridized carbons (Fsp3) is 0.700. The highest BCUT2D eigenvalue weighted by atomic mass is 19.4. The topological polar surface area (TPSA) is 105 Å². The molecule has 2 N–H and O–H groups in total. The van der Waals surface area contributed by atoms with Crippen LogP contribution in [0.1, 0.15) is 38.5 Å². The van der Waals surface area contributed by atoms with E-state index in [-0.39, 0.29) is 17.9 Å². The standard InChI is InChI=1S/C18H26N4O2.C2HF3O2/c23-17(21-15-4-1-2-5-15)14-10-13-11-22(9-6-16(13)24-12-14)18-19-7-3-8-20-18;3-2(4,5)1(6)7/h3,7-8,13-16H,1-2,4-6,9-12H2,(H,21,23);(H,6,7)/t13-,14-,16+;/m1./s1. The molecule has 172 valence electrons. The van der Waals surface area contributed by atoms with E-state index in [9.17, 15) is 18.0 Å². The summed E-state index contributed by atoms with van der Waals surface area (Å²) >= 11 is 0. The number of fused-ring (bicyclic) bond motifs is 1. The van der Waals surface area contributed by atoms with Crippen LogP contribution < -0.4 is 10.2 Å². The van der Waals surface area contributed by atoms with Gasteiger partial charge in [-0.3, -0.25) is 4.79 Å². The third-order valence-electron chi connectivity index (χ3n) is 5.91. The number of aliphatic carboxylic acids is 1. The van der Waals surface area contributed by atoms with E-state index in [1.54, 1.807) is 12.4 Å². The second-order valence-corrected chi connectivity index (χ2v) is 8.14. The maximum atomic E-state index is 12.6. The van der Waals surface area contributed by atoms with Gasteiger partial charge >= 0.3 is 12.1 Å². The summed E-state index contributed by atoms with van der Waals surface area (Å²) in [4.78, 5) is 32.4. The summed E-state index contributed by atoms with van der Waals surface area (Å²) < 4.78 is 37.8. The smallest absolute Gasteiger partial charge is 0.475 e. The van der Waals surface area contributed by atoms with Gasteiger partial charge < -0.3 is 20.1 Å². The van der Waals surface area contributed by atoms with Gasteiger partial charge in [-0.15, -0.1) is 0 Å². The zero-order chi connectivity index (χ0) is 22.4. The highest BCUT2D eigenvalue weighted by molar-refractivity contribution is 5.79. The Bertz CT molecular complexity index is 744. The molecule has 1 amide bonds. The van der Waals surface area contributed by atoms with Crippen molar-refractivity contribution in [2.45, 2.75) is 56.8 Å². The molecule has 3 aliphatic rings. The summed E-state index contributed by atoms with van der Waals surface area (Å²) in [6, 6.07) is 2.22. The SMILES string of the molecule is O=C(NC1CCCC1)[C@H]1CO[C@H]2CCN(c3ncccn3)C[C@H]2C1.O=C(O)C(F)(F)F. The van der Waals surface area contributed by atoms with Crippen molar-refractivity contribution in [2.75, 3.05) is 24.6 Å². The molecule has 3 heterocycles. The monoisotopic (exact) mass is 444 g/mol. The molecular weight excluding hydrogens is 417 g/mol. The number of carboxylic acid groups (broad SMARTS) is 1. The van der Waals surface area contributed by atoms with Gasteiger partial charge in [0, 0.05) is 37.4 Å². The number of nitrogens with zero attached hydrogens (tertiary/aromatic N) is 3. The van der Waals surface area contributed by atoms with Crippen LogP contribution in [-0.4, -0.2) is 65.0 Å². The molecule has 1 aliphatic carbocycles. The lowest BCUT2D eigenvalue weighted by Crippen LogP contribution is -2.51. The summed E-state index contributed by atoms with van der Waals surface area (Å²) in [6.45, 7) is 2.37. The Morgan fingerprint density at radius 1 is 1.16 bits per heavy atom. The number of carbonyl (C=O) groups excluding carboxylic acids is 1. The molecule has 1 aromatic heterocycles. The molecule has 0 unspecified atom stereocenters. The summed E-state index contributed by atoms with van der Waals surface area (Å²) in [5.74, 6) is -1.41. The minimum absolute atomic E-state index is 0.0107. The zero-order valence-corrected chi connectivity index (χ0v) is 17.1. The first-order valence-corrected chi connectivity index (χ1v) is 10.5. The molecule has 1 saturated carbocycles. The maximum Gasteiger partial charge on any atom is 0.490 e. The van der Waals surface area contributed by atoms with E-state index in [2.05, 4.69) is 20.2 Å². The van der Waals surface area contributed by atoms with Crippen LogP contribution in [0.3, 0.4) is 0 Å². The largest absolute Gasteiger partial charge is 0.490 e. The molecule has 1 aromatic rings. The Balaban J connectivity index is 0.000000339. The number of halogens is 3. The van der Waals surface area contributed by atoms with Crippen molar-refractivity contribution in [3.63, 3.8) is 0 Å². The number of ether oxygens (including phenoxy) is 1. The molecule has 31 heavy (non-hydrogen) atoms. The van der Waals surface area contributed by atoms with E-state index < -0.39 is 12.1 Å². The minimum atomic E-state index is -5.08. The Kier molecular flexibility index (Phi) is 7.69. The molecule has 0 spiro atoms. The van der Waals surface area contributed by atoms with Crippen molar-refractivity contribution in [1.82, 2.24) is 15.3 Å². The summed E-state index contributed by atoms with van der Waals surface area (Å²) in [5.41, 5.74) is 0. The van der Waals surface area contributed by atoms with E-state index in [1.165, 1.54) is 12.8 Å². The molecule has 0 radical (unpaired) electrons. The van der Waals surface area contributed by atoms with Gasteiger partial charge in [-0.25, -0.2) is 14.8 Å². The molecular formula is C20H27F3N4O4. The van der Waals surface area contributed by atoms with Crippen molar-refractivity contribution in [3.05, 3.63) is 18.5 Å². The van der Waals surface area contributed by atoms with Crippen LogP contribution >= 0.6 is 0 Å². The molecule has 2 aliphatic heterocycles. The number of nitrogens with one attached hydrogen (secondary N) is 1. The van der Waals surface area contributed by atoms with Gasteiger partial charge in [0.2, 0.25) is 11.9 Å². The predicted molar refractivity (Wildman–Crippen MR) is 104 cm³/mol. The normalized spacial score (nSPS) is 26.4. The fourth-order valence-electron chi connectivity index (χ4n) is 4.34. The van der Waals surface area contributed by atoms with Crippen LogP contribution in [0, 0.1) is 11.8 Å². The molecule has 3 fully saturated rings. The number of carboxylic acids is 1. The predicted octanol–water partition coefficient (Wildman–Crippen LogP) is 2.40. The average Bonchev–Trinajstić information content (AvgIpc) is 3.26. The van der Waals surface area contributed by atoms with Crippen LogP contribution in [0.25, 0.3) is 0 Å². The highest BCUT2D eigenvalue weighted by Gasteiger charge is 2.39. The number of aromatic nitrogens is 2. The van der Waals surface area contributed by atoms with Crippen LogP contribution in [0.4, 0.5) is 19.1 Å². The first-order valence-electron chi connectivity index (χ1n) is 10.5. The maximum absolute atomic E-state index is 12.6. The van der Waals surface area contributed by atoms with Gasteiger partial charge in [-0.1, -0.05) is 12.8 Å². The number of alkyl halides is 3. The van der Waals surface area contributed by atoms with Gasteiger partial charge in [-0.2, -0.15) is 13.2 Å². The van der Waals surface area contributed by atoms with Crippen molar-refractivity contribution in [2.24, 2.45) is 11.8 Å². The van der Waals surface area contributed by atoms with Crippen molar-refractivity contribution in [3.8, 4) is 0 Å². The molecule has 11 heteroatoms. The van der Waals surface area contributed by atoms with Crippen LogP contribution in [0.5, 0.6) is 0 Å². The second kappa shape index (κ2) is 10.3. The molecule has 2 saturated heterocycles. The number of anilines is 1. The summed E-state index contributed by atoms with van der Waals surface area (Å²) in [5, 5.41) is 10.4. The molecule has 4 rings (SSSR count). The lowest BCUT2D eigenvalue weighted by Gasteiger charge is -2.43. The van der Waals surface area contributed by atoms with Crippen LogP contribution in [0.15, 0.2) is 18.5 Å². The Hall–Kier alpha value is -2.43. The molecule has 8 nitrogen and oxygen atoms in total. The van der Waals surface area contributed by atoms with Gasteiger partial charge in [0.15, 0.2) is 0 Å². The van der Waals surface area contributed by atoms with E-state index >= 15 is 0 Å². The van der Waals surface area contributed by atoms with Gasteiger partial charge in [0.05, 0.1) is 18.6 Å². The van der Waals surface area contributed by atoms with Crippen molar-refractivity contribution < 1.29 is 32.6 Å². The first kappa shape index (κ1) is 23.2. The van der Waals surface area contributed by atoms with Crippen LogP contribution in [0.2, 0.25) is 0 Å². The third-order valence-corrected chi connectivity index (χ3v) is 5.91. The second-order valence-electron chi connectivity index (χ2n) is 8.14. The Morgan fingerprint density at radius 3 is 2.42 bits per heavy atom. The first-order chi connectivity index (χ1) is 14.7. The van der Waals surface area contributed by atoms with Gasteiger partial charge in [0.1, 0.15) is 0 Å². The Morgan fingerprint density at radius 2 is 1.81 bits per heavy atom. The lowest BCUT2D eigenvalue weighted by molar-refractivity contribution is -0.192. The quantitative estimate of drug-likeness (QED) is 0.738. The third kappa shape index (κ3) is 6.52. The molecule has 0 aromatic carbocycles. The minimum Gasteiger partial charge on any atom is -0.475 e. The summed E-state index contributed by atoms with van der Waals surface area (Å²) in [7, 11) is 0. The van der Waals surface area contributed by atoms with Gasteiger partial charge in [0.25, 0.3) is 0 Å². The van der Waals surface area contributed by atoms with E-state index in [4.69, 9.17) is 14.6 Å².